The third-order valence-electron chi connectivity index (χ3n) is 6.19. The predicted octanol–water partition coefficient (Wildman–Crippen LogP) is 3.97. The van der Waals surface area contributed by atoms with Crippen LogP contribution in [0.3, 0.4) is 0 Å². The fraction of sp³-hybridized carbons (Fsp3) is 0.583. The van der Waals surface area contributed by atoms with Crippen LogP contribution in [0.4, 0.5) is 5.69 Å². The second kappa shape index (κ2) is 9.81. The van der Waals surface area contributed by atoms with Crippen molar-refractivity contribution in [1.29, 1.82) is 0 Å². The van der Waals surface area contributed by atoms with Crippen molar-refractivity contribution >= 4 is 27.0 Å². The number of hydrogen-bond acceptors (Lipinski definition) is 6. The Bertz CT molecular complexity index is 957. The zero-order valence-corrected chi connectivity index (χ0v) is 21.7. The number of benzene rings is 1. The van der Waals surface area contributed by atoms with Crippen LogP contribution in [0.2, 0.25) is 0 Å². The molecule has 178 valence electrons. The van der Waals surface area contributed by atoms with Gasteiger partial charge >= 0.3 is 0 Å². The summed E-state index contributed by atoms with van der Waals surface area (Å²) in [6, 6.07) is 12.2. The molecule has 1 atom stereocenters. The summed E-state index contributed by atoms with van der Waals surface area (Å²) in [4.78, 5) is 4.75. The molecule has 0 unspecified atom stereocenters. The number of sulfonamides is 1. The summed E-state index contributed by atoms with van der Waals surface area (Å²) in [6.45, 7) is 14.6. The minimum Gasteiger partial charge on any atom is -0.386 e. The van der Waals surface area contributed by atoms with E-state index in [9.17, 15) is 13.5 Å². The van der Waals surface area contributed by atoms with Gasteiger partial charge in [-0.05, 0) is 70.7 Å². The van der Waals surface area contributed by atoms with Gasteiger partial charge in [0.2, 0.25) is 0 Å². The normalized spacial score (nSPS) is 18.8. The number of hydrogen-bond donors (Lipinski definition) is 1. The highest BCUT2D eigenvalue weighted by atomic mass is 32.2. The van der Waals surface area contributed by atoms with Crippen molar-refractivity contribution < 1.29 is 13.5 Å². The van der Waals surface area contributed by atoms with Crippen LogP contribution >= 0.6 is 11.3 Å². The Hall–Kier alpha value is -1.45. The van der Waals surface area contributed by atoms with Gasteiger partial charge in [-0.25, -0.2) is 8.42 Å². The van der Waals surface area contributed by atoms with E-state index in [1.165, 1.54) is 11.3 Å². The standard InChI is InChI=1S/C24H37N3O3S2/c1-18(2)27(19(3)4)17-22-16-25(32(29,30)23-8-7-15-31-23)13-14-26(22)21-11-9-20(10-12-21)24(5,6)28/h7-12,15,18-19,22,28H,13-14,16-17H2,1-6H3/t22-/m1/s1. The number of rotatable bonds is 8. The molecule has 0 spiro atoms. The number of piperazine rings is 1. The highest BCUT2D eigenvalue weighted by Gasteiger charge is 2.36. The maximum atomic E-state index is 13.2. The van der Waals surface area contributed by atoms with Crippen LogP contribution < -0.4 is 4.90 Å². The van der Waals surface area contributed by atoms with Gasteiger partial charge in [-0.15, -0.1) is 11.3 Å². The Kier molecular flexibility index (Phi) is 7.72. The molecule has 0 bridgehead atoms. The van der Waals surface area contributed by atoms with Gasteiger partial charge in [0.05, 0.1) is 11.6 Å². The lowest BCUT2D eigenvalue weighted by molar-refractivity contribution is 0.0786. The Morgan fingerprint density at radius 2 is 1.72 bits per heavy atom. The van der Waals surface area contributed by atoms with Crippen molar-refractivity contribution in [1.82, 2.24) is 9.21 Å². The highest BCUT2D eigenvalue weighted by Crippen LogP contribution is 2.29. The van der Waals surface area contributed by atoms with Crippen LogP contribution in [0.5, 0.6) is 0 Å². The molecule has 0 saturated carbocycles. The topological polar surface area (TPSA) is 64.1 Å². The molecule has 1 saturated heterocycles. The summed E-state index contributed by atoms with van der Waals surface area (Å²) in [5, 5.41) is 12.1. The SMILES string of the molecule is CC(C)N(C[C@H]1CN(S(=O)(=O)c2cccs2)CCN1c1ccc(C(C)(C)O)cc1)C(C)C. The minimum absolute atomic E-state index is 0.0243. The summed E-state index contributed by atoms with van der Waals surface area (Å²) in [5.74, 6) is 0. The van der Waals surface area contributed by atoms with E-state index in [0.717, 1.165) is 17.8 Å². The van der Waals surface area contributed by atoms with Gasteiger partial charge in [-0.1, -0.05) is 18.2 Å². The van der Waals surface area contributed by atoms with Crippen molar-refractivity contribution in [2.45, 2.75) is 69.5 Å². The molecular weight excluding hydrogens is 442 g/mol. The van der Waals surface area contributed by atoms with E-state index >= 15 is 0 Å². The highest BCUT2D eigenvalue weighted by molar-refractivity contribution is 7.91. The Balaban J connectivity index is 1.91. The molecule has 1 aromatic heterocycles. The zero-order chi connectivity index (χ0) is 23.7. The molecule has 1 fully saturated rings. The van der Waals surface area contributed by atoms with Gasteiger partial charge in [-0.3, -0.25) is 4.90 Å². The van der Waals surface area contributed by atoms with Crippen LogP contribution in [-0.2, 0) is 15.6 Å². The molecule has 1 N–H and O–H groups in total. The maximum Gasteiger partial charge on any atom is 0.252 e. The lowest BCUT2D eigenvalue weighted by Crippen LogP contribution is -2.59. The molecule has 8 heteroatoms. The summed E-state index contributed by atoms with van der Waals surface area (Å²) in [7, 11) is -3.49. The molecular formula is C24H37N3O3S2. The first kappa shape index (κ1) is 25.2. The molecule has 1 aliphatic heterocycles. The first-order chi connectivity index (χ1) is 14.9. The summed E-state index contributed by atoms with van der Waals surface area (Å²) in [5.41, 5.74) is 1.03. The van der Waals surface area contributed by atoms with Gasteiger partial charge in [0.25, 0.3) is 10.0 Å². The quantitative estimate of drug-likeness (QED) is 0.621. The smallest absolute Gasteiger partial charge is 0.252 e. The van der Waals surface area contributed by atoms with Crippen LogP contribution in [0.15, 0.2) is 46.0 Å². The van der Waals surface area contributed by atoms with Crippen LogP contribution in [0.1, 0.15) is 47.1 Å². The molecule has 0 amide bonds. The van der Waals surface area contributed by atoms with Crippen LogP contribution in [-0.4, -0.2) is 67.0 Å². The van der Waals surface area contributed by atoms with Crippen molar-refractivity contribution in [3.8, 4) is 0 Å². The summed E-state index contributed by atoms with van der Waals surface area (Å²) in [6.07, 6.45) is 0. The summed E-state index contributed by atoms with van der Waals surface area (Å²) >= 11 is 1.27. The fourth-order valence-corrected chi connectivity index (χ4v) is 7.01. The van der Waals surface area contributed by atoms with Gasteiger partial charge in [-0.2, -0.15) is 4.31 Å². The first-order valence-corrected chi connectivity index (χ1v) is 13.6. The van der Waals surface area contributed by atoms with Crippen molar-refractivity contribution in [2.75, 3.05) is 31.1 Å². The average Bonchev–Trinajstić information content (AvgIpc) is 3.26. The monoisotopic (exact) mass is 479 g/mol. The van der Waals surface area contributed by atoms with Gasteiger partial charge in [0.15, 0.2) is 0 Å². The number of nitrogens with zero attached hydrogens (tertiary/aromatic N) is 3. The second-order valence-corrected chi connectivity index (χ2v) is 12.7. The summed E-state index contributed by atoms with van der Waals surface area (Å²) < 4.78 is 28.5. The van der Waals surface area contributed by atoms with Gasteiger partial charge < -0.3 is 10.0 Å². The molecule has 2 aromatic rings. The van der Waals surface area contributed by atoms with E-state index in [0.29, 0.717) is 35.9 Å². The number of aliphatic hydroxyl groups is 1. The fourth-order valence-electron chi connectivity index (χ4n) is 4.40. The van der Waals surface area contributed by atoms with E-state index in [-0.39, 0.29) is 6.04 Å². The van der Waals surface area contributed by atoms with Gasteiger partial charge in [0, 0.05) is 44.0 Å². The van der Waals surface area contributed by atoms with Crippen molar-refractivity contribution in [3.05, 3.63) is 47.3 Å². The average molecular weight is 480 g/mol. The second-order valence-electron chi connectivity index (χ2n) is 9.63. The third-order valence-corrected chi connectivity index (χ3v) is 9.43. The predicted molar refractivity (Wildman–Crippen MR) is 133 cm³/mol. The zero-order valence-electron chi connectivity index (χ0n) is 20.0. The third kappa shape index (κ3) is 5.54. The van der Waals surface area contributed by atoms with Crippen LogP contribution in [0, 0.1) is 0 Å². The Morgan fingerprint density at radius 3 is 2.22 bits per heavy atom. The molecule has 1 aromatic carbocycles. The number of thiophene rings is 1. The molecule has 6 nitrogen and oxygen atoms in total. The van der Waals surface area contributed by atoms with Crippen LogP contribution in [0.25, 0.3) is 0 Å². The molecule has 1 aliphatic rings. The largest absolute Gasteiger partial charge is 0.386 e. The van der Waals surface area contributed by atoms with E-state index in [1.807, 2.05) is 29.6 Å². The number of anilines is 1. The lowest BCUT2D eigenvalue weighted by Gasteiger charge is -2.45. The molecule has 0 aliphatic carbocycles. The minimum atomic E-state index is -3.49. The van der Waals surface area contributed by atoms with E-state index in [4.69, 9.17) is 0 Å². The molecule has 2 heterocycles. The van der Waals surface area contributed by atoms with Crippen molar-refractivity contribution in [3.63, 3.8) is 0 Å². The Morgan fingerprint density at radius 1 is 1.09 bits per heavy atom. The van der Waals surface area contributed by atoms with E-state index < -0.39 is 15.6 Å². The van der Waals surface area contributed by atoms with Gasteiger partial charge in [0.1, 0.15) is 4.21 Å². The first-order valence-electron chi connectivity index (χ1n) is 11.3. The maximum absolute atomic E-state index is 13.2. The molecule has 3 rings (SSSR count). The Labute approximate surface area is 197 Å². The molecule has 0 radical (unpaired) electrons. The van der Waals surface area contributed by atoms with E-state index in [1.54, 1.807) is 30.3 Å². The lowest BCUT2D eigenvalue weighted by atomic mass is 9.98. The molecule has 32 heavy (non-hydrogen) atoms. The van der Waals surface area contributed by atoms with Crippen molar-refractivity contribution in [2.24, 2.45) is 0 Å². The van der Waals surface area contributed by atoms with E-state index in [2.05, 4.69) is 37.5 Å².